The van der Waals surface area contributed by atoms with Crippen molar-refractivity contribution in [3.8, 4) is 0 Å². The maximum Gasteiger partial charge on any atom is 0.189 e. The van der Waals surface area contributed by atoms with Gasteiger partial charge in [-0.3, -0.25) is 4.79 Å². The summed E-state index contributed by atoms with van der Waals surface area (Å²) in [5.41, 5.74) is 6.45. The zero-order valence-electron chi connectivity index (χ0n) is 12.5. The van der Waals surface area contributed by atoms with Crippen LogP contribution < -0.4 is 0 Å². The summed E-state index contributed by atoms with van der Waals surface area (Å²) in [6.45, 7) is 2.16. The molecule has 22 heavy (non-hydrogen) atoms. The van der Waals surface area contributed by atoms with Gasteiger partial charge in [0.1, 0.15) is 0 Å². The van der Waals surface area contributed by atoms with Crippen molar-refractivity contribution in [3.05, 3.63) is 76.5 Å². The lowest BCUT2D eigenvalue weighted by Gasteiger charge is -1.99. The summed E-state index contributed by atoms with van der Waals surface area (Å²) < 4.78 is 0. The standard InChI is InChI=1S/C20H17NO/c1-2-13-7-5-9-17-16(12-21-19(13)17)11-15-10-14-6-3-4-8-18(14)20(15)22/h3-9,11-12,21H,2,10H2,1H3/b15-11-. The summed E-state index contributed by atoms with van der Waals surface area (Å²) >= 11 is 0. The molecule has 1 heterocycles. The van der Waals surface area contributed by atoms with E-state index >= 15 is 0 Å². The molecular weight excluding hydrogens is 270 g/mol. The number of rotatable bonds is 2. The molecule has 4 rings (SSSR count). The van der Waals surface area contributed by atoms with Gasteiger partial charge in [0.05, 0.1) is 0 Å². The molecule has 0 fully saturated rings. The lowest BCUT2D eigenvalue weighted by molar-refractivity contribution is 0.104. The van der Waals surface area contributed by atoms with Gasteiger partial charge in [0.2, 0.25) is 0 Å². The first kappa shape index (κ1) is 13.1. The van der Waals surface area contributed by atoms with Crippen molar-refractivity contribution in [2.24, 2.45) is 0 Å². The molecule has 0 radical (unpaired) electrons. The van der Waals surface area contributed by atoms with E-state index in [0.29, 0.717) is 0 Å². The molecule has 0 saturated carbocycles. The van der Waals surface area contributed by atoms with Crippen molar-refractivity contribution in [2.75, 3.05) is 0 Å². The summed E-state index contributed by atoms with van der Waals surface area (Å²) in [5, 5.41) is 1.19. The van der Waals surface area contributed by atoms with Gasteiger partial charge in [-0.25, -0.2) is 0 Å². The number of benzene rings is 2. The highest BCUT2D eigenvalue weighted by Crippen LogP contribution is 2.30. The number of nitrogens with one attached hydrogen (secondary N) is 1. The molecule has 0 bridgehead atoms. The zero-order valence-corrected chi connectivity index (χ0v) is 12.5. The Hall–Kier alpha value is -2.61. The van der Waals surface area contributed by atoms with Crippen LogP contribution in [-0.4, -0.2) is 10.8 Å². The molecule has 1 aliphatic rings. The molecule has 0 unspecified atom stereocenters. The smallest absolute Gasteiger partial charge is 0.189 e. The quantitative estimate of drug-likeness (QED) is 0.689. The Bertz CT molecular complexity index is 914. The van der Waals surface area contributed by atoms with Crippen LogP contribution in [0.2, 0.25) is 0 Å². The third kappa shape index (κ3) is 1.92. The highest BCUT2D eigenvalue weighted by molar-refractivity contribution is 6.16. The Balaban J connectivity index is 1.81. The number of para-hydroxylation sites is 1. The van der Waals surface area contributed by atoms with Gasteiger partial charge in [-0.2, -0.15) is 0 Å². The average molecular weight is 287 g/mol. The summed E-state index contributed by atoms with van der Waals surface area (Å²) in [4.78, 5) is 15.9. The minimum Gasteiger partial charge on any atom is -0.360 e. The van der Waals surface area contributed by atoms with Gasteiger partial charge in [-0.05, 0) is 23.6 Å². The molecule has 2 nitrogen and oxygen atoms in total. The number of hydrogen-bond acceptors (Lipinski definition) is 1. The van der Waals surface area contributed by atoms with Crippen LogP contribution in [0.1, 0.15) is 34.0 Å². The Morgan fingerprint density at radius 2 is 2.00 bits per heavy atom. The average Bonchev–Trinajstić information content (AvgIpc) is 3.10. The van der Waals surface area contributed by atoms with Crippen molar-refractivity contribution in [1.29, 1.82) is 0 Å². The maximum absolute atomic E-state index is 12.5. The number of Topliss-reactive ketones (excluding diaryl/α,β-unsaturated/α-hetero) is 1. The van der Waals surface area contributed by atoms with Gasteiger partial charge >= 0.3 is 0 Å². The number of aromatic nitrogens is 1. The van der Waals surface area contributed by atoms with E-state index in [9.17, 15) is 4.79 Å². The van der Waals surface area contributed by atoms with Crippen LogP contribution in [0.15, 0.2) is 54.2 Å². The van der Waals surface area contributed by atoms with E-state index in [1.54, 1.807) is 0 Å². The summed E-state index contributed by atoms with van der Waals surface area (Å²) in [7, 11) is 0. The second-order valence-corrected chi connectivity index (χ2v) is 5.77. The van der Waals surface area contributed by atoms with Crippen molar-refractivity contribution in [1.82, 2.24) is 4.98 Å². The molecule has 3 aromatic rings. The zero-order chi connectivity index (χ0) is 15.1. The summed E-state index contributed by atoms with van der Waals surface area (Å²) in [6, 6.07) is 14.2. The number of carbonyl (C=O) groups is 1. The third-order valence-corrected chi connectivity index (χ3v) is 4.48. The Kier molecular flexibility index (Phi) is 2.97. The Labute approximate surface area is 129 Å². The molecule has 108 valence electrons. The SMILES string of the molecule is CCc1cccc2c(/C=C3/Cc4ccccc4C3=O)c[nH]c12. The van der Waals surface area contributed by atoms with E-state index in [0.717, 1.165) is 35.1 Å². The van der Waals surface area contributed by atoms with Crippen molar-refractivity contribution >= 4 is 22.8 Å². The summed E-state index contributed by atoms with van der Waals surface area (Å²) in [5.74, 6) is 0.164. The Morgan fingerprint density at radius 1 is 1.14 bits per heavy atom. The van der Waals surface area contributed by atoms with Crippen molar-refractivity contribution in [2.45, 2.75) is 19.8 Å². The van der Waals surface area contributed by atoms with Crippen LogP contribution >= 0.6 is 0 Å². The number of carbonyl (C=O) groups excluding carboxylic acids is 1. The molecule has 0 aliphatic heterocycles. The van der Waals surface area contributed by atoms with E-state index in [-0.39, 0.29) is 5.78 Å². The number of hydrogen-bond donors (Lipinski definition) is 1. The van der Waals surface area contributed by atoms with Crippen LogP contribution in [0.5, 0.6) is 0 Å². The van der Waals surface area contributed by atoms with Crippen LogP contribution in [0.4, 0.5) is 0 Å². The summed E-state index contributed by atoms with van der Waals surface area (Å²) in [6.07, 6.45) is 5.78. The fourth-order valence-corrected chi connectivity index (χ4v) is 3.31. The minimum atomic E-state index is 0.164. The first-order chi connectivity index (χ1) is 10.8. The first-order valence-corrected chi connectivity index (χ1v) is 7.70. The maximum atomic E-state index is 12.5. The molecule has 0 saturated heterocycles. The van der Waals surface area contributed by atoms with Gasteiger partial charge in [-0.1, -0.05) is 49.4 Å². The van der Waals surface area contributed by atoms with E-state index in [4.69, 9.17) is 0 Å². The second kappa shape index (κ2) is 4.99. The molecule has 2 aromatic carbocycles. The fourth-order valence-electron chi connectivity index (χ4n) is 3.31. The number of ketones is 1. The molecule has 1 N–H and O–H groups in total. The van der Waals surface area contributed by atoms with E-state index in [2.05, 4.69) is 30.1 Å². The molecule has 1 aromatic heterocycles. The van der Waals surface area contributed by atoms with Crippen molar-refractivity contribution in [3.63, 3.8) is 0 Å². The van der Waals surface area contributed by atoms with Crippen LogP contribution in [-0.2, 0) is 12.8 Å². The molecule has 2 heteroatoms. The molecule has 1 aliphatic carbocycles. The predicted octanol–water partition coefficient (Wildman–Crippen LogP) is 4.55. The second-order valence-electron chi connectivity index (χ2n) is 5.77. The topological polar surface area (TPSA) is 32.9 Å². The lowest BCUT2D eigenvalue weighted by Crippen LogP contribution is -1.94. The number of fused-ring (bicyclic) bond motifs is 2. The van der Waals surface area contributed by atoms with Crippen LogP contribution in [0, 0.1) is 0 Å². The molecule has 0 spiro atoms. The van der Waals surface area contributed by atoms with Crippen molar-refractivity contribution < 1.29 is 4.79 Å². The molecule has 0 atom stereocenters. The van der Waals surface area contributed by atoms with Crippen LogP contribution in [0.25, 0.3) is 17.0 Å². The number of aryl methyl sites for hydroxylation is 1. The van der Waals surface area contributed by atoms with Crippen LogP contribution in [0.3, 0.4) is 0 Å². The lowest BCUT2D eigenvalue weighted by atomic mass is 10.0. The third-order valence-electron chi connectivity index (χ3n) is 4.48. The molecular formula is C20H17NO. The minimum absolute atomic E-state index is 0.164. The monoisotopic (exact) mass is 287 g/mol. The normalized spacial score (nSPS) is 15.7. The van der Waals surface area contributed by atoms with E-state index in [1.807, 2.05) is 36.5 Å². The number of H-pyrrole nitrogens is 1. The van der Waals surface area contributed by atoms with E-state index in [1.165, 1.54) is 16.5 Å². The predicted molar refractivity (Wildman–Crippen MR) is 90.1 cm³/mol. The van der Waals surface area contributed by atoms with Gasteiger partial charge < -0.3 is 4.98 Å². The van der Waals surface area contributed by atoms with Gasteiger partial charge in [0.15, 0.2) is 5.78 Å². The highest BCUT2D eigenvalue weighted by Gasteiger charge is 2.24. The first-order valence-electron chi connectivity index (χ1n) is 7.70. The van der Waals surface area contributed by atoms with Gasteiger partial charge in [0, 0.05) is 40.2 Å². The Morgan fingerprint density at radius 3 is 2.82 bits per heavy atom. The highest BCUT2D eigenvalue weighted by atomic mass is 16.1. The number of allylic oxidation sites excluding steroid dienone is 1. The van der Waals surface area contributed by atoms with Gasteiger partial charge in [0.25, 0.3) is 0 Å². The number of aromatic amines is 1. The van der Waals surface area contributed by atoms with Gasteiger partial charge in [-0.15, -0.1) is 0 Å². The van der Waals surface area contributed by atoms with E-state index < -0.39 is 0 Å². The molecule has 0 amide bonds. The largest absolute Gasteiger partial charge is 0.360 e. The fraction of sp³-hybridized carbons (Fsp3) is 0.150.